The molecule has 78 heavy (non-hydrogen) atoms. The summed E-state index contributed by atoms with van der Waals surface area (Å²) in [5.41, 5.74) is 25.0. The van der Waals surface area contributed by atoms with Gasteiger partial charge in [-0.05, 0) is 121 Å². The maximum atomic E-state index is 14.1. The fourth-order valence-electron chi connectivity index (χ4n) is 9.53. The lowest BCUT2D eigenvalue weighted by atomic mass is 9.81. The second-order valence-corrected chi connectivity index (χ2v) is 21.0. The number of carboxylic acid groups (broad SMARTS) is 3. The number of carbonyl (C=O) groups excluding carboxylic acids is 6. The summed E-state index contributed by atoms with van der Waals surface area (Å²) in [4.78, 5) is 123. The largest absolute Gasteiger partial charge is 0.481 e. The topological polar surface area (TPSA) is 396 Å². The summed E-state index contributed by atoms with van der Waals surface area (Å²) in [5, 5.41) is 39.4. The van der Waals surface area contributed by atoms with Crippen molar-refractivity contribution < 1.29 is 58.5 Å². The summed E-state index contributed by atoms with van der Waals surface area (Å²) < 4.78 is 0.634. The van der Waals surface area contributed by atoms with E-state index in [9.17, 15) is 53.4 Å². The van der Waals surface area contributed by atoms with E-state index in [-0.39, 0.29) is 69.4 Å². The molecule has 0 radical (unpaired) electrons. The van der Waals surface area contributed by atoms with Gasteiger partial charge >= 0.3 is 23.9 Å². The number of amides is 7. The molecule has 430 valence electrons. The number of halogens is 1. The molecule has 7 amide bonds. The number of aliphatic carboxylic acids is 3. The summed E-state index contributed by atoms with van der Waals surface area (Å²) in [7, 11) is 0. The van der Waals surface area contributed by atoms with Crippen LogP contribution in [0.5, 0.6) is 0 Å². The number of urea groups is 1. The van der Waals surface area contributed by atoms with E-state index in [0.29, 0.717) is 101 Å². The molecule has 1 aromatic carbocycles. The van der Waals surface area contributed by atoms with Gasteiger partial charge in [0, 0.05) is 95.7 Å². The molecule has 1 unspecified atom stereocenters. The minimum Gasteiger partial charge on any atom is -0.481 e. The van der Waals surface area contributed by atoms with Crippen LogP contribution in [0.2, 0.25) is 0 Å². The summed E-state index contributed by atoms with van der Waals surface area (Å²) in [6.07, 6.45) is 4.72. The van der Waals surface area contributed by atoms with Gasteiger partial charge in [-0.3, -0.25) is 48.4 Å². The molecule has 0 bridgehead atoms. The monoisotopic (exact) mass is 1170 g/mol. The smallest absolute Gasteiger partial charge is 0.326 e. The van der Waals surface area contributed by atoms with Crippen molar-refractivity contribution in [1.82, 2.24) is 45.4 Å². The molecule has 1 aliphatic carbocycles. The zero-order valence-electron chi connectivity index (χ0n) is 43.7. The van der Waals surface area contributed by atoms with Crippen molar-refractivity contribution in [3.8, 4) is 0 Å². The third-order valence-corrected chi connectivity index (χ3v) is 14.3. The predicted molar refractivity (Wildman–Crippen MR) is 294 cm³/mol. The van der Waals surface area contributed by atoms with E-state index in [0.717, 1.165) is 29.7 Å². The molecule has 28 heteroatoms. The first-order valence-corrected chi connectivity index (χ1v) is 27.0. The molecule has 1 saturated heterocycles. The summed E-state index contributed by atoms with van der Waals surface area (Å²) in [6.45, 7) is 3.50. The summed E-state index contributed by atoms with van der Waals surface area (Å²) in [6, 6.07) is 6.98. The zero-order chi connectivity index (χ0) is 57.3. The van der Waals surface area contributed by atoms with Crippen LogP contribution in [0.15, 0.2) is 47.2 Å². The molecule has 1 aromatic heterocycles. The Labute approximate surface area is 466 Å². The molecule has 2 heterocycles. The number of nitrogens with one attached hydrogen (secondary N) is 4. The molecule has 2 fully saturated rings. The van der Waals surface area contributed by atoms with E-state index in [2.05, 4.69) is 42.2 Å². The number of carbonyl (C=O) groups is 9. The number of anilines is 1. The summed E-state index contributed by atoms with van der Waals surface area (Å²) in [5.74, 6) is -6.22. The maximum absolute atomic E-state index is 14.1. The van der Waals surface area contributed by atoms with Gasteiger partial charge in [-0.15, -0.1) is 0 Å². The number of carboxylic acids is 3. The van der Waals surface area contributed by atoms with Crippen LogP contribution in [0.3, 0.4) is 0 Å². The predicted octanol–water partition coefficient (Wildman–Crippen LogP) is -0.720. The maximum Gasteiger partial charge on any atom is 0.326 e. The minimum absolute atomic E-state index is 0.0131. The number of hydrogen-bond acceptors (Lipinski definition) is 15. The molecule has 2 aromatic rings. The van der Waals surface area contributed by atoms with Gasteiger partial charge in [-0.2, -0.15) is 0 Å². The Balaban J connectivity index is 1.33. The SMILES string of the molecule is NC(=O)CN1CCN(CC(N)=O)CCN(CC(N)=O)C(Cc2ccc(NC(=S)NCC3CCC(C(=O)N(CCCC[C@@H](NC(=O)N[C@H](CCC(=O)O)C(=O)O)C(=O)O)Cc4ccc(Br)nc4)CC3)cc2)CN(CC(N)=O)CC1. The normalized spacial score (nSPS) is 18.9. The van der Waals surface area contributed by atoms with Crippen molar-refractivity contribution in [2.45, 2.75) is 88.9 Å². The van der Waals surface area contributed by atoms with Gasteiger partial charge < -0.3 is 64.4 Å². The van der Waals surface area contributed by atoms with E-state index in [4.69, 9.17) is 40.3 Å². The number of pyridine rings is 1. The van der Waals surface area contributed by atoms with Gasteiger partial charge in [0.25, 0.3) is 0 Å². The van der Waals surface area contributed by atoms with Crippen LogP contribution in [0, 0.1) is 11.8 Å². The molecular weight excluding hydrogens is 1100 g/mol. The molecule has 2 aliphatic rings. The Morgan fingerprint density at radius 2 is 1.23 bits per heavy atom. The zero-order valence-corrected chi connectivity index (χ0v) is 46.1. The number of hydrogen-bond donors (Lipinski definition) is 11. The number of aromatic nitrogens is 1. The first kappa shape index (κ1) is 63.9. The molecule has 1 saturated carbocycles. The highest BCUT2D eigenvalue weighted by Gasteiger charge is 2.31. The molecule has 0 spiro atoms. The van der Waals surface area contributed by atoms with Crippen LogP contribution in [-0.4, -0.2) is 207 Å². The van der Waals surface area contributed by atoms with Crippen LogP contribution in [0.1, 0.15) is 68.9 Å². The number of unbranched alkanes of at least 4 members (excludes halogenated alkanes) is 1. The van der Waals surface area contributed by atoms with Crippen molar-refractivity contribution in [1.29, 1.82) is 0 Å². The fraction of sp³-hybridized carbons (Fsp3) is 0.580. The Bertz CT molecular complexity index is 2370. The Morgan fingerprint density at radius 3 is 1.77 bits per heavy atom. The Hall–Kier alpha value is -6.59. The second kappa shape index (κ2) is 33.0. The lowest BCUT2D eigenvalue weighted by Crippen LogP contribution is -2.54. The van der Waals surface area contributed by atoms with Crippen LogP contribution in [0.25, 0.3) is 0 Å². The quantitative estimate of drug-likeness (QED) is 0.0284. The van der Waals surface area contributed by atoms with Gasteiger partial charge in [-0.25, -0.2) is 19.4 Å². The van der Waals surface area contributed by atoms with Crippen LogP contribution in [0.4, 0.5) is 10.5 Å². The number of nitrogens with two attached hydrogens (primary N) is 4. The first-order valence-electron chi connectivity index (χ1n) is 25.8. The molecule has 15 N–H and O–H groups in total. The molecule has 1 aliphatic heterocycles. The van der Waals surface area contributed by atoms with Gasteiger partial charge in [0.05, 0.1) is 26.2 Å². The van der Waals surface area contributed by atoms with E-state index in [1.165, 1.54) is 0 Å². The highest BCUT2D eigenvalue weighted by Crippen LogP contribution is 2.31. The van der Waals surface area contributed by atoms with Gasteiger partial charge in [-0.1, -0.05) is 18.2 Å². The van der Waals surface area contributed by atoms with Crippen LogP contribution in [-0.2, 0) is 51.3 Å². The van der Waals surface area contributed by atoms with Gasteiger partial charge in [0.15, 0.2) is 5.11 Å². The third kappa shape index (κ3) is 24.4. The van der Waals surface area contributed by atoms with Crippen LogP contribution >= 0.6 is 28.1 Å². The first-order chi connectivity index (χ1) is 37.0. The van der Waals surface area contributed by atoms with Crippen molar-refractivity contribution in [3.05, 3.63) is 58.3 Å². The van der Waals surface area contributed by atoms with E-state index >= 15 is 0 Å². The van der Waals surface area contributed by atoms with E-state index < -0.39 is 66.1 Å². The number of rotatable bonds is 28. The number of nitrogens with zero attached hydrogens (tertiary/aromatic N) is 6. The second-order valence-electron chi connectivity index (χ2n) is 19.8. The van der Waals surface area contributed by atoms with E-state index in [1.54, 1.807) is 17.2 Å². The lowest BCUT2D eigenvalue weighted by Gasteiger charge is -2.38. The third-order valence-electron chi connectivity index (χ3n) is 13.6. The Kier molecular flexibility index (Phi) is 27.0. The standard InChI is InChI=1S/C50H75BrN14O12S/c51-40-14-8-34(25-56-40)26-65(16-2-1-3-38(47(73)74)59-49(77)60-39(48(75)76)13-15-45(70)71)46(72)35-9-4-33(5-10-35)24-57-50(78)58-36-11-6-32(7-12-36)23-37-27-63(30-43(54)68)20-19-61(28-41(52)66)17-18-62(29-42(53)67)21-22-64(37)31-44(55)69/h6-8,11-12,14,25,33,35,37-39H,1-5,9-10,13,15-24,26-31H2,(H2,52,66)(H2,53,67)(H2,54,68)(H2,55,69)(H,70,71)(H,73,74)(H,75,76)(H2,57,58,78)(H2,59,60,77)/t33?,35?,37?,38-,39-/m1/s1. The van der Waals surface area contributed by atoms with Crippen molar-refractivity contribution >= 4 is 92.4 Å². The average Bonchev–Trinajstić information content (AvgIpc) is 3.37. The molecule has 4 rings (SSSR count). The molecular formula is C50H75BrN14O12S. The summed E-state index contributed by atoms with van der Waals surface area (Å²) >= 11 is 9.02. The van der Waals surface area contributed by atoms with Crippen LogP contribution < -0.4 is 44.2 Å². The highest BCUT2D eigenvalue weighted by molar-refractivity contribution is 9.10. The van der Waals surface area contributed by atoms with E-state index in [1.807, 2.05) is 49.9 Å². The Morgan fingerprint density at radius 1 is 0.692 bits per heavy atom. The van der Waals surface area contributed by atoms with Gasteiger partial charge in [0.1, 0.15) is 16.7 Å². The number of primary amides is 4. The number of thiocarbonyl (C=S) groups is 1. The fourth-order valence-corrected chi connectivity index (χ4v) is 9.96. The molecule has 26 nitrogen and oxygen atoms in total. The number of benzene rings is 1. The van der Waals surface area contributed by atoms with Gasteiger partial charge in [0.2, 0.25) is 29.5 Å². The van der Waals surface area contributed by atoms with Crippen molar-refractivity contribution in [2.75, 3.05) is 90.4 Å². The lowest BCUT2D eigenvalue weighted by molar-refractivity contribution is -0.141. The highest BCUT2D eigenvalue weighted by atomic mass is 79.9. The minimum atomic E-state index is -1.53. The van der Waals surface area contributed by atoms with Crippen molar-refractivity contribution in [2.24, 2.45) is 34.8 Å². The molecule has 3 atom stereocenters. The van der Waals surface area contributed by atoms with Crippen molar-refractivity contribution in [3.63, 3.8) is 0 Å². The average molecular weight is 1180 g/mol.